The first-order chi connectivity index (χ1) is 9.88. The van der Waals surface area contributed by atoms with Gasteiger partial charge in [-0.15, -0.1) is 0 Å². The molecule has 0 aromatic carbocycles. The van der Waals surface area contributed by atoms with Gasteiger partial charge in [-0.05, 0) is 34.2 Å². The Morgan fingerprint density at radius 1 is 1.33 bits per heavy atom. The topological polar surface area (TPSA) is 47.7 Å². The van der Waals surface area contributed by atoms with Crippen molar-refractivity contribution in [2.45, 2.75) is 46.7 Å². The molecule has 0 amide bonds. The number of rotatable bonds is 5. The number of halogens is 1. The van der Waals surface area contributed by atoms with Crippen molar-refractivity contribution in [3.63, 3.8) is 0 Å². The summed E-state index contributed by atoms with van der Waals surface area (Å²) in [6, 6.07) is 0.257. The molecule has 0 aliphatic heterocycles. The van der Waals surface area contributed by atoms with E-state index in [0.29, 0.717) is 5.02 Å². The zero-order valence-electron chi connectivity index (χ0n) is 13.6. The third-order valence-electron chi connectivity index (χ3n) is 3.81. The molecule has 0 aliphatic rings. The van der Waals surface area contributed by atoms with E-state index in [4.69, 9.17) is 11.6 Å². The van der Waals surface area contributed by atoms with Crippen molar-refractivity contribution < 1.29 is 0 Å². The number of aryl methyl sites for hydroxylation is 2. The van der Waals surface area contributed by atoms with Gasteiger partial charge in [0.25, 0.3) is 0 Å². The van der Waals surface area contributed by atoms with Crippen LogP contribution in [-0.4, -0.2) is 26.1 Å². The molecular formula is C15H24ClN5. The van der Waals surface area contributed by atoms with Gasteiger partial charge in [-0.25, -0.2) is 0 Å². The minimum absolute atomic E-state index is 0.00102. The maximum Gasteiger partial charge on any atom is 0.0837 e. The van der Waals surface area contributed by atoms with Gasteiger partial charge in [-0.2, -0.15) is 10.2 Å². The smallest absolute Gasteiger partial charge is 0.0837 e. The highest BCUT2D eigenvalue weighted by Crippen LogP contribution is 2.33. The van der Waals surface area contributed by atoms with Crippen LogP contribution in [0.25, 0.3) is 0 Å². The number of nitrogens with one attached hydrogen (secondary N) is 1. The molecule has 116 valence electrons. The van der Waals surface area contributed by atoms with Gasteiger partial charge in [0, 0.05) is 24.3 Å². The van der Waals surface area contributed by atoms with Gasteiger partial charge in [-0.1, -0.05) is 18.5 Å². The lowest BCUT2D eigenvalue weighted by atomic mass is 10.0. The Bertz CT molecular complexity index is 626. The van der Waals surface area contributed by atoms with Crippen LogP contribution in [0.2, 0.25) is 5.02 Å². The maximum absolute atomic E-state index is 6.43. The molecule has 0 radical (unpaired) electrons. The summed E-state index contributed by atoms with van der Waals surface area (Å²) in [5.74, 6) is 0. The molecule has 0 spiro atoms. The number of hydrogen-bond acceptors (Lipinski definition) is 3. The van der Waals surface area contributed by atoms with E-state index < -0.39 is 0 Å². The second-order valence-electron chi connectivity index (χ2n) is 5.61. The minimum atomic E-state index is 0.00102. The van der Waals surface area contributed by atoms with Crippen molar-refractivity contribution in [2.75, 3.05) is 6.54 Å². The van der Waals surface area contributed by atoms with Gasteiger partial charge in [0.2, 0.25) is 0 Å². The zero-order valence-corrected chi connectivity index (χ0v) is 14.4. The molecule has 1 atom stereocenters. The fourth-order valence-corrected chi connectivity index (χ4v) is 3.02. The van der Waals surface area contributed by atoms with E-state index in [2.05, 4.69) is 43.2 Å². The first kappa shape index (κ1) is 16.0. The fraction of sp³-hybridized carbons (Fsp3) is 0.600. The number of hydrogen-bond donors (Lipinski definition) is 1. The van der Waals surface area contributed by atoms with Gasteiger partial charge in [0.05, 0.1) is 28.6 Å². The van der Waals surface area contributed by atoms with Crippen LogP contribution in [-0.2, 0) is 7.05 Å². The molecule has 1 N–H and O–H groups in total. The molecule has 0 bridgehead atoms. The molecule has 0 saturated carbocycles. The summed E-state index contributed by atoms with van der Waals surface area (Å²) in [6.45, 7) is 11.3. The van der Waals surface area contributed by atoms with E-state index in [1.807, 2.05) is 23.3 Å². The van der Waals surface area contributed by atoms with Crippen molar-refractivity contribution in [3.05, 3.63) is 33.9 Å². The Morgan fingerprint density at radius 2 is 2.00 bits per heavy atom. The van der Waals surface area contributed by atoms with E-state index in [0.717, 1.165) is 23.6 Å². The van der Waals surface area contributed by atoms with Gasteiger partial charge in [-0.3, -0.25) is 9.36 Å². The van der Waals surface area contributed by atoms with Crippen molar-refractivity contribution in [1.82, 2.24) is 24.9 Å². The second kappa shape index (κ2) is 6.20. The first-order valence-corrected chi connectivity index (χ1v) is 7.72. The summed E-state index contributed by atoms with van der Waals surface area (Å²) in [5.41, 5.74) is 4.36. The zero-order chi connectivity index (χ0) is 15.7. The summed E-state index contributed by atoms with van der Waals surface area (Å²) in [4.78, 5) is 0. The van der Waals surface area contributed by atoms with Gasteiger partial charge >= 0.3 is 0 Å². The van der Waals surface area contributed by atoms with Crippen molar-refractivity contribution >= 4 is 11.6 Å². The molecule has 2 aromatic heterocycles. The lowest BCUT2D eigenvalue weighted by Crippen LogP contribution is -2.27. The molecule has 0 saturated heterocycles. The second-order valence-corrected chi connectivity index (χ2v) is 6.02. The highest BCUT2D eigenvalue weighted by molar-refractivity contribution is 6.31. The van der Waals surface area contributed by atoms with Crippen molar-refractivity contribution in [2.24, 2.45) is 7.05 Å². The average molecular weight is 310 g/mol. The molecule has 21 heavy (non-hydrogen) atoms. The first-order valence-electron chi connectivity index (χ1n) is 7.34. The summed E-state index contributed by atoms with van der Waals surface area (Å²) >= 11 is 6.43. The van der Waals surface area contributed by atoms with Crippen LogP contribution in [0.1, 0.15) is 55.5 Å². The Morgan fingerprint density at radius 3 is 2.48 bits per heavy atom. The van der Waals surface area contributed by atoms with Crippen LogP contribution in [0, 0.1) is 13.8 Å². The number of nitrogens with zero attached hydrogens (tertiary/aromatic N) is 4. The molecular weight excluding hydrogens is 286 g/mol. The SMILES string of the molecule is CCNC(c1c(C)nn(C)c1C)c1c(Cl)cnn1C(C)C. The predicted octanol–water partition coefficient (Wildman–Crippen LogP) is 3.17. The molecule has 2 heterocycles. The Balaban J connectivity index is 2.62. The van der Waals surface area contributed by atoms with Gasteiger partial charge in [0.15, 0.2) is 0 Å². The van der Waals surface area contributed by atoms with E-state index >= 15 is 0 Å². The van der Waals surface area contributed by atoms with Gasteiger partial charge < -0.3 is 5.32 Å². The van der Waals surface area contributed by atoms with Crippen molar-refractivity contribution in [1.29, 1.82) is 0 Å². The molecule has 5 nitrogen and oxygen atoms in total. The Labute approximate surface area is 131 Å². The Hall–Kier alpha value is -1.33. The molecule has 0 aliphatic carbocycles. The van der Waals surface area contributed by atoms with Gasteiger partial charge in [0.1, 0.15) is 0 Å². The maximum atomic E-state index is 6.43. The van der Waals surface area contributed by atoms with E-state index in [9.17, 15) is 0 Å². The molecule has 2 aromatic rings. The summed E-state index contributed by atoms with van der Waals surface area (Å²) in [6.07, 6.45) is 1.72. The third-order valence-corrected chi connectivity index (χ3v) is 4.10. The van der Waals surface area contributed by atoms with Crippen LogP contribution >= 0.6 is 11.6 Å². The van der Waals surface area contributed by atoms with Crippen LogP contribution in [0.15, 0.2) is 6.20 Å². The molecule has 1 unspecified atom stereocenters. The minimum Gasteiger partial charge on any atom is -0.305 e. The summed E-state index contributed by atoms with van der Waals surface area (Å²) in [7, 11) is 1.97. The van der Waals surface area contributed by atoms with Crippen LogP contribution < -0.4 is 5.32 Å². The summed E-state index contributed by atoms with van der Waals surface area (Å²) in [5, 5.41) is 13.2. The van der Waals surface area contributed by atoms with E-state index in [1.165, 1.54) is 5.56 Å². The largest absolute Gasteiger partial charge is 0.305 e. The average Bonchev–Trinajstić information content (AvgIpc) is 2.90. The van der Waals surface area contributed by atoms with Crippen LogP contribution in [0.3, 0.4) is 0 Å². The lowest BCUT2D eigenvalue weighted by Gasteiger charge is -2.22. The number of aromatic nitrogens is 4. The van der Waals surface area contributed by atoms with E-state index in [1.54, 1.807) is 6.20 Å². The standard InChI is InChI=1S/C15H24ClN5/c1-7-17-14(13-10(4)19-20(6)11(13)5)15-12(16)8-18-21(15)9(2)3/h8-9,14,17H,7H2,1-6H3. The molecule has 0 fully saturated rings. The van der Waals surface area contributed by atoms with E-state index in [-0.39, 0.29) is 12.1 Å². The van der Waals surface area contributed by atoms with Crippen LogP contribution in [0.5, 0.6) is 0 Å². The Kier molecular flexibility index (Phi) is 4.74. The highest BCUT2D eigenvalue weighted by Gasteiger charge is 2.27. The highest BCUT2D eigenvalue weighted by atomic mass is 35.5. The normalized spacial score (nSPS) is 13.1. The molecule has 6 heteroatoms. The fourth-order valence-electron chi connectivity index (χ4n) is 2.78. The monoisotopic (exact) mass is 309 g/mol. The quantitative estimate of drug-likeness (QED) is 0.923. The lowest BCUT2D eigenvalue weighted by molar-refractivity contribution is 0.475. The predicted molar refractivity (Wildman–Crippen MR) is 85.8 cm³/mol. The summed E-state index contributed by atoms with van der Waals surface area (Å²) < 4.78 is 3.90. The third kappa shape index (κ3) is 2.85. The molecule has 2 rings (SSSR count). The van der Waals surface area contributed by atoms with Crippen LogP contribution in [0.4, 0.5) is 0 Å². The van der Waals surface area contributed by atoms with Crippen molar-refractivity contribution in [3.8, 4) is 0 Å².